The number of hydrogen-bond acceptors (Lipinski definition) is 3. The summed E-state index contributed by atoms with van der Waals surface area (Å²) in [5.41, 5.74) is 4.00. The monoisotopic (exact) mass is 334 g/mol. The molecule has 1 aliphatic heterocycles. The summed E-state index contributed by atoms with van der Waals surface area (Å²) in [6, 6.07) is 12.8. The van der Waals surface area contributed by atoms with Crippen molar-refractivity contribution in [3.63, 3.8) is 0 Å². The van der Waals surface area contributed by atoms with Gasteiger partial charge >= 0.3 is 0 Å². The van der Waals surface area contributed by atoms with E-state index in [0.29, 0.717) is 0 Å². The van der Waals surface area contributed by atoms with Crippen LogP contribution in [0.25, 0.3) is 10.9 Å². The molecule has 1 aromatic carbocycles. The second kappa shape index (κ2) is 7.81. The molecule has 4 nitrogen and oxygen atoms in total. The summed E-state index contributed by atoms with van der Waals surface area (Å²) in [5.74, 6) is 0. The number of rotatable bonds is 5. The molecule has 25 heavy (non-hydrogen) atoms. The van der Waals surface area contributed by atoms with Crippen LogP contribution >= 0.6 is 0 Å². The quantitative estimate of drug-likeness (QED) is 0.777. The molecular formula is C21H26N4. The number of para-hydroxylation sites is 1. The highest BCUT2D eigenvalue weighted by Gasteiger charge is 2.15. The van der Waals surface area contributed by atoms with Crippen molar-refractivity contribution in [3.05, 3.63) is 66.1 Å². The zero-order valence-corrected chi connectivity index (χ0v) is 14.7. The normalized spacial score (nSPS) is 17.0. The molecule has 0 saturated carbocycles. The molecule has 1 aliphatic rings. The van der Waals surface area contributed by atoms with Gasteiger partial charge in [-0.1, -0.05) is 24.3 Å². The van der Waals surface area contributed by atoms with E-state index < -0.39 is 0 Å². The molecule has 2 aromatic heterocycles. The summed E-state index contributed by atoms with van der Waals surface area (Å²) in [4.78, 5) is 12.8. The van der Waals surface area contributed by atoms with Crippen LogP contribution in [0.4, 0.5) is 0 Å². The van der Waals surface area contributed by atoms with Gasteiger partial charge in [0.1, 0.15) is 0 Å². The van der Waals surface area contributed by atoms with Gasteiger partial charge < -0.3 is 9.88 Å². The second-order valence-corrected chi connectivity index (χ2v) is 6.94. The SMILES string of the molecule is c1cncc(CN2CCCN(CCc3c[nH]c4ccccc34)CC2)c1. The molecule has 1 N–H and O–H groups in total. The minimum Gasteiger partial charge on any atom is -0.361 e. The number of aromatic nitrogens is 2. The van der Waals surface area contributed by atoms with Gasteiger partial charge in [0.15, 0.2) is 0 Å². The van der Waals surface area contributed by atoms with Crippen molar-refractivity contribution in [2.75, 3.05) is 32.7 Å². The fourth-order valence-corrected chi connectivity index (χ4v) is 3.77. The molecule has 0 unspecified atom stereocenters. The van der Waals surface area contributed by atoms with Gasteiger partial charge in [0.25, 0.3) is 0 Å². The van der Waals surface area contributed by atoms with Crippen molar-refractivity contribution in [2.24, 2.45) is 0 Å². The first kappa shape index (κ1) is 16.3. The Balaban J connectivity index is 1.31. The smallest absolute Gasteiger partial charge is 0.0456 e. The van der Waals surface area contributed by atoms with Gasteiger partial charge in [-0.25, -0.2) is 0 Å². The second-order valence-electron chi connectivity index (χ2n) is 6.94. The molecule has 0 amide bonds. The van der Waals surface area contributed by atoms with E-state index in [1.165, 1.54) is 41.5 Å². The van der Waals surface area contributed by atoms with E-state index in [1.54, 1.807) is 0 Å². The largest absolute Gasteiger partial charge is 0.361 e. The zero-order chi connectivity index (χ0) is 16.9. The number of hydrogen-bond donors (Lipinski definition) is 1. The summed E-state index contributed by atoms with van der Waals surface area (Å²) >= 11 is 0. The first-order valence-electron chi connectivity index (χ1n) is 9.27. The minimum absolute atomic E-state index is 1.02. The maximum Gasteiger partial charge on any atom is 0.0456 e. The molecule has 0 radical (unpaired) electrons. The van der Waals surface area contributed by atoms with Crippen molar-refractivity contribution >= 4 is 10.9 Å². The van der Waals surface area contributed by atoms with Gasteiger partial charge in [-0.2, -0.15) is 0 Å². The number of aromatic amines is 1. The summed E-state index contributed by atoms with van der Waals surface area (Å²) < 4.78 is 0. The Bertz CT molecular complexity index is 796. The Morgan fingerprint density at radius 3 is 2.76 bits per heavy atom. The van der Waals surface area contributed by atoms with Crippen LogP contribution in [0.1, 0.15) is 17.5 Å². The first-order chi connectivity index (χ1) is 12.4. The predicted octanol–water partition coefficient (Wildman–Crippen LogP) is 3.31. The third-order valence-electron chi connectivity index (χ3n) is 5.18. The topological polar surface area (TPSA) is 35.2 Å². The number of nitrogens with one attached hydrogen (secondary N) is 1. The summed E-state index contributed by atoms with van der Waals surface area (Å²) in [6.07, 6.45) is 8.37. The first-order valence-corrected chi connectivity index (χ1v) is 9.27. The number of H-pyrrole nitrogens is 1. The highest BCUT2D eigenvalue weighted by atomic mass is 15.2. The molecule has 3 heterocycles. The number of pyridine rings is 1. The van der Waals surface area contributed by atoms with Crippen molar-refractivity contribution in [2.45, 2.75) is 19.4 Å². The fourth-order valence-electron chi connectivity index (χ4n) is 3.77. The predicted molar refractivity (Wildman–Crippen MR) is 103 cm³/mol. The van der Waals surface area contributed by atoms with E-state index >= 15 is 0 Å². The standard InChI is InChI=1S/C21H26N4/c1-2-7-21-20(6-1)19(16-23-21)8-12-24-10-4-11-25(14-13-24)17-18-5-3-9-22-15-18/h1-3,5-7,9,15-16,23H,4,8,10-14,17H2. The van der Waals surface area contributed by atoms with E-state index in [0.717, 1.165) is 32.6 Å². The molecule has 4 rings (SSSR count). The van der Waals surface area contributed by atoms with Gasteiger partial charge in [0.05, 0.1) is 0 Å². The maximum atomic E-state index is 4.23. The summed E-state index contributed by atoms with van der Waals surface area (Å²) in [5, 5.41) is 1.37. The van der Waals surface area contributed by atoms with Crippen LogP contribution in [0.5, 0.6) is 0 Å². The van der Waals surface area contributed by atoms with Gasteiger partial charge in [0.2, 0.25) is 0 Å². The fraction of sp³-hybridized carbons (Fsp3) is 0.381. The van der Waals surface area contributed by atoms with E-state index in [1.807, 2.05) is 18.5 Å². The molecule has 0 aliphatic carbocycles. The van der Waals surface area contributed by atoms with Gasteiger partial charge in [0, 0.05) is 55.7 Å². The van der Waals surface area contributed by atoms with Crippen LogP contribution in [0.2, 0.25) is 0 Å². The van der Waals surface area contributed by atoms with E-state index in [9.17, 15) is 0 Å². The Morgan fingerprint density at radius 1 is 0.960 bits per heavy atom. The summed E-state index contributed by atoms with van der Waals surface area (Å²) in [7, 11) is 0. The van der Waals surface area contributed by atoms with E-state index in [2.05, 4.69) is 56.3 Å². The highest BCUT2D eigenvalue weighted by molar-refractivity contribution is 5.83. The Morgan fingerprint density at radius 2 is 1.84 bits per heavy atom. The van der Waals surface area contributed by atoms with E-state index in [-0.39, 0.29) is 0 Å². The number of fused-ring (bicyclic) bond motifs is 1. The highest BCUT2D eigenvalue weighted by Crippen LogP contribution is 2.18. The molecule has 3 aromatic rings. The lowest BCUT2D eigenvalue weighted by molar-refractivity contribution is 0.253. The van der Waals surface area contributed by atoms with E-state index in [4.69, 9.17) is 0 Å². The van der Waals surface area contributed by atoms with Crippen molar-refractivity contribution in [1.82, 2.24) is 19.8 Å². The van der Waals surface area contributed by atoms with Crippen LogP contribution in [0, 0.1) is 0 Å². The van der Waals surface area contributed by atoms with Gasteiger partial charge in [-0.15, -0.1) is 0 Å². The van der Waals surface area contributed by atoms with Gasteiger partial charge in [-0.3, -0.25) is 9.88 Å². The van der Waals surface area contributed by atoms with Crippen LogP contribution in [-0.4, -0.2) is 52.5 Å². The molecule has 130 valence electrons. The molecule has 0 spiro atoms. The number of benzene rings is 1. The van der Waals surface area contributed by atoms with Crippen LogP contribution in [-0.2, 0) is 13.0 Å². The lowest BCUT2D eigenvalue weighted by Gasteiger charge is -2.21. The number of nitrogens with zero attached hydrogens (tertiary/aromatic N) is 3. The van der Waals surface area contributed by atoms with Gasteiger partial charge in [-0.05, 0) is 49.2 Å². The summed E-state index contributed by atoms with van der Waals surface area (Å²) in [6.45, 7) is 6.84. The molecule has 0 atom stereocenters. The molecule has 1 saturated heterocycles. The van der Waals surface area contributed by atoms with Crippen LogP contribution in [0.3, 0.4) is 0 Å². The third kappa shape index (κ3) is 4.09. The molecule has 4 heteroatoms. The maximum absolute atomic E-state index is 4.23. The van der Waals surface area contributed by atoms with Crippen molar-refractivity contribution in [3.8, 4) is 0 Å². The average Bonchev–Trinajstić information content (AvgIpc) is 2.94. The molecule has 1 fully saturated rings. The Hall–Kier alpha value is -2.17. The minimum atomic E-state index is 1.02. The van der Waals surface area contributed by atoms with Crippen LogP contribution in [0.15, 0.2) is 55.0 Å². The lowest BCUT2D eigenvalue weighted by Crippen LogP contribution is -2.31. The Kier molecular flexibility index (Phi) is 5.09. The zero-order valence-electron chi connectivity index (χ0n) is 14.7. The average molecular weight is 334 g/mol. The Labute approximate surface area is 149 Å². The molecular weight excluding hydrogens is 308 g/mol. The van der Waals surface area contributed by atoms with Crippen molar-refractivity contribution < 1.29 is 0 Å². The third-order valence-corrected chi connectivity index (χ3v) is 5.18. The van der Waals surface area contributed by atoms with Crippen molar-refractivity contribution in [1.29, 1.82) is 0 Å². The lowest BCUT2D eigenvalue weighted by atomic mass is 10.1. The molecule has 0 bridgehead atoms. The van der Waals surface area contributed by atoms with Crippen LogP contribution < -0.4 is 0 Å².